The number of nitrogens with zero attached hydrogens (tertiary/aromatic N) is 1. The quantitative estimate of drug-likeness (QED) is 0.778. The van der Waals surface area contributed by atoms with Crippen molar-refractivity contribution < 1.29 is 9.53 Å². The lowest BCUT2D eigenvalue weighted by Crippen LogP contribution is -2.42. The summed E-state index contributed by atoms with van der Waals surface area (Å²) in [5.41, 5.74) is 0. The van der Waals surface area contributed by atoms with E-state index in [-0.39, 0.29) is 36.8 Å². The van der Waals surface area contributed by atoms with Crippen molar-refractivity contribution in [2.24, 2.45) is 5.92 Å². The molecule has 0 radical (unpaired) electrons. The summed E-state index contributed by atoms with van der Waals surface area (Å²) in [7, 11) is 0. The Balaban J connectivity index is 0.00000110. The first-order valence-corrected chi connectivity index (χ1v) is 7.64. The SMILES string of the molecule is Cl.Cl.O=C(CC1CNCCO1)NCC1CCN(C2CC2)C1. The Morgan fingerprint density at radius 1 is 1.29 bits per heavy atom. The molecule has 2 aliphatic heterocycles. The van der Waals surface area contributed by atoms with Crippen LogP contribution in [0.3, 0.4) is 0 Å². The van der Waals surface area contributed by atoms with Crippen LogP contribution in [0.15, 0.2) is 0 Å². The van der Waals surface area contributed by atoms with Gasteiger partial charge < -0.3 is 20.3 Å². The van der Waals surface area contributed by atoms with Gasteiger partial charge in [0.2, 0.25) is 5.91 Å². The molecule has 2 atom stereocenters. The fourth-order valence-corrected chi connectivity index (χ4v) is 3.09. The third-order valence-corrected chi connectivity index (χ3v) is 4.39. The van der Waals surface area contributed by atoms with E-state index in [4.69, 9.17) is 4.74 Å². The summed E-state index contributed by atoms with van der Waals surface area (Å²) < 4.78 is 5.55. The number of rotatable bonds is 5. The third kappa shape index (κ3) is 5.91. The zero-order valence-electron chi connectivity index (χ0n) is 12.4. The average molecular weight is 340 g/mol. The van der Waals surface area contributed by atoms with E-state index in [9.17, 15) is 4.79 Å². The molecule has 21 heavy (non-hydrogen) atoms. The summed E-state index contributed by atoms with van der Waals surface area (Å²) in [6.45, 7) is 5.65. The van der Waals surface area contributed by atoms with E-state index >= 15 is 0 Å². The molecule has 124 valence electrons. The first-order valence-electron chi connectivity index (χ1n) is 7.64. The van der Waals surface area contributed by atoms with Gasteiger partial charge in [-0.05, 0) is 31.7 Å². The summed E-state index contributed by atoms with van der Waals surface area (Å²) in [5, 5.41) is 6.33. The van der Waals surface area contributed by atoms with E-state index in [1.54, 1.807) is 0 Å². The Bertz CT molecular complexity index is 323. The summed E-state index contributed by atoms with van der Waals surface area (Å²) >= 11 is 0. The van der Waals surface area contributed by atoms with Crippen molar-refractivity contribution in [2.45, 2.75) is 37.8 Å². The number of halogens is 2. The van der Waals surface area contributed by atoms with Gasteiger partial charge in [-0.3, -0.25) is 4.79 Å². The van der Waals surface area contributed by atoms with Crippen LogP contribution in [-0.2, 0) is 9.53 Å². The van der Waals surface area contributed by atoms with Crippen molar-refractivity contribution in [2.75, 3.05) is 39.3 Å². The average Bonchev–Trinajstić information content (AvgIpc) is 3.17. The molecule has 3 rings (SSSR count). The maximum absolute atomic E-state index is 11.9. The minimum absolute atomic E-state index is 0. The molecule has 3 aliphatic rings. The summed E-state index contributed by atoms with van der Waals surface area (Å²) in [6.07, 6.45) is 4.54. The van der Waals surface area contributed by atoms with E-state index in [0.29, 0.717) is 12.3 Å². The highest BCUT2D eigenvalue weighted by atomic mass is 35.5. The maximum Gasteiger partial charge on any atom is 0.222 e. The lowest BCUT2D eigenvalue weighted by Gasteiger charge is -2.23. The molecule has 5 nitrogen and oxygen atoms in total. The van der Waals surface area contributed by atoms with Crippen molar-refractivity contribution in [1.29, 1.82) is 0 Å². The number of nitrogens with one attached hydrogen (secondary N) is 2. The summed E-state index contributed by atoms with van der Waals surface area (Å²) in [5.74, 6) is 0.786. The van der Waals surface area contributed by atoms with Gasteiger partial charge in [-0.15, -0.1) is 24.8 Å². The van der Waals surface area contributed by atoms with Gasteiger partial charge in [0.15, 0.2) is 0 Å². The van der Waals surface area contributed by atoms with Gasteiger partial charge in [0.1, 0.15) is 0 Å². The van der Waals surface area contributed by atoms with Crippen LogP contribution in [-0.4, -0.2) is 62.3 Å². The fraction of sp³-hybridized carbons (Fsp3) is 0.929. The molecule has 0 aromatic heterocycles. The van der Waals surface area contributed by atoms with E-state index in [2.05, 4.69) is 15.5 Å². The first kappa shape index (κ1) is 19.0. The number of hydrogen-bond donors (Lipinski definition) is 2. The predicted octanol–water partition coefficient (Wildman–Crippen LogP) is 0.809. The van der Waals surface area contributed by atoms with Gasteiger partial charge in [0, 0.05) is 32.2 Å². The van der Waals surface area contributed by atoms with Crippen LogP contribution in [0.4, 0.5) is 0 Å². The van der Waals surface area contributed by atoms with Crippen LogP contribution < -0.4 is 10.6 Å². The molecule has 0 aromatic carbocycles. The third-order valence-electron chi connectivity index (χ3n) is 4.39. The molecule has 0 spiro atoms. The Labute approximate surface area is 139 Å². The zero-order valence-corrected chi connectivity index (χ0v) is 14.0. The van der Waals surface area contributed by atoms with E-state index < -0.39 is 0 Å². The molecule has 1 aliphatic carbocycles. The van der Waals surface area contributed by atoms with Crippen molar-refractivity contribution in [3.8, 4) is 0 Å². The minimum Gasteiger partial charge on any atom is -0.375 e. The molecule has 2 N–H and O–H groups in total. The van der Waals surface area contributed by atoms with E-state index in [1.165, 1.54) is 32.4 Å². The highest BCUT2D eigenvalue weighted by Crippen LogP contribution is 2.31. The van der Waals surface area contributed by atoms with E-state index in [0.717, 1.165) is 32.3 Å². The van der Waals surface area contributed by atoms with Crippen molar-refractivity contribution >= 4 is 30.7 Å². The molecule has 3 fully saturated rings. The molecule has 2 saturated heterocycles. The molecule has 0 bridgehead atoms. The highest BCUT2D eigenvalue weighted by molar-refractivity contribution is 5.85. The predicted molar refractivity (Wildman–Crippen MR) is 87.4 cm³/mol. The zero-order chi connectivity index (χ0) is 13.1. The van der Waals surface area contributed by atoms with Gasteiger partial charge >= 0.3 is 0 Å². The van der Waals surface area contributed by atoms with Gasteiger partial charge in [0.25, 0.3) is 0 Å². The Hall–Kier alpha value is -0.0700. The Kier molecular flexibility index (Phi) is 8.27. The van der Waals surface area contributed by atoms with Crippen molar-refractivity contribution in [3.05, 3.63) is 0 Å². The van der Waals surface area contributed by atoms with Crippen LogP contribution in [0.5, 0.6) is 0 Å². The van der Waals surface area contributed by atoms with Gasteiger partial charge in [0.05, 0.1) is 19.1 Å². The van der Waals surface area contributed by atoms with Crippen LogP contribution in [0, 0.1) is 5.92 Å². The molecule has 0 aromatic rings. The smallest absolute Gasteiger partial charge is 0.222 e. The van der Waals surface area contributed by atoms with Crippen LogP contribution in [0.2, 0.25) is 0 Å². The number of ether oxygens (including phenoxy) is 1. The summed E-state index contributed by atoms with van der Waals surface area (Å²) in [4.78, 5) is 14.5. The maximum atomic E-state index is 11.9. The second-order valence-corrected chi connectivity index (χ2v) is 6.09. The summed E-state index contributed by atoms with van der Waals surface area (Å²) in [6, 6.07) is 0.863. The van der Waals surface area contributed by atoms with E-state index in [1.807, 2.05) is 0 Å². The molecular formula is C14H27Cl2N3O2. The second kappa shape index (κ2) is 9.16. The number of likely N-dealkylation sites (tertiary alicyclic amines) is 1. The second-order valence-electron chi connectivity index (χ2n) is 6.09. The lowest BCUT2D eigenvalue weighted by atomic mass is 10.1. The van der Waals surface area contributed by atoms with Crippen LogP contribution in [0.25, 0.3) is 0 Å². The van der Waals surface area contributed by atoms with Crippen molar-refractivity contribution in [1.82, 2.24) is 15.5 Å². The van der Waals surface area contributed by atoms with Crippen LogP contribution in [0.1, 0.15) is 25.7 Å². The molecule has 7 heteroatoms. The molecular weight excluding hydrogens is 313 g/mol. The molecule has 1 amide bonds. The number of hydrogen-bond acceptors (Lipinski definition) is 4. The standard InChI is InChI=1S/C14H25N3O2.2ClH/c18-14(7-13-9-15-4-6-19-13)16-8-11-3-5-17(10-11)12-1-2-12;;/h11-13,15H,1-10H2,(H,16,18);2*1H. The minimum atomic E-state index is 0. The molecule has 2 heterocycles. The Morgan fingerprint density at radius 3 is 2.76 bits per heavy atom. The fourth-order valence-electron chi connectivity index (χ4n) is 3.09. The molecule has 2 unspecified atom stereocenters. The number of amides is 1. The number of morpholine rings is 1. The van der Waals surface area contributed by atoms with Crippen molar-refractivity contribution in [3.63, 3.8) is 0 Å². The largest absolute Gasteiger partial charge is 0.375 e. The Morgan fingerprint density at radius 2 is 2.10 bits per heavy atom. The number of carbonyl (C=O) groups excluding carboxylic acids is 1. The normalized spacial score (nSPS) is 29.3. The molecule has 1 saturated carbocycles. The van der Waals surface area contributed by atoms with Gasteiger partial charge in [-0.2, -0.15) is 0 Å². The van der Waals surface area contributed by atoms with Crippen LogP contribution >= 0.6 is 24.8 Å². The monoisotopic (exact) mass is 339 g/mol. The highest BCUT2D eigenvalue weighted by Gasteiger charge is 2.34. The first-order chi connectivity index (χ1) is 9.31. The lowest BCUT2D eigenvalue weighted by molar-refractivity contribution is -0.124. The topological polar surface area (TPSA) is 53.6 Å². The van der Waals surface area contributed by atoms with Gasteiger partial charge in [-0.25, -0.2) is 0 Å². The number of carbonyl (C=O) groups is 1. The van der Waals surface area contributed by atoms with Gasteiger partial charge in [-0.1, -0.05) is 0 Å².